The van der Waals surface area contributed by atoms with Crippen molar-refractivity contribution in [3.05, 3.63) is 34.6 Å². The van der Waals surface area contributed by atoms with Gasteiger partial charge in [-0.05, 0) is 37.5 Å². The summed E-state index contributed by atoms with van der Waals surface area (Å²) in [5, 5.41) is 12.2. The number of carbonyl (C=O) groups excluding carboxylic acids is 1. The molecule has 1 amide bonds. The Labute approximate surface area is 104 Å². The van der Waals surface area contributed by atoms with Gasteiger partial charge in [-0.1, -0.05) is 11.6 Å². The highest BCUT2D eigenvalue weighted by Crippen LogP contribution is 2.31. The normalized spacial score (nSPS) is 17.4. The number of aliphatic hydroxyl groups excluding tert-OH is 1. The molecular formula is C12H13ClFNO2. The van der Waals surface area contributed by atoms with Gasteiger partial charge in [0.15, 0.2) is 0 Å². The van der Waals surface area contributed by atoms with Gasteiger partial charge in [0.1, 0.15) is 5.82 Å². The lowest BCUT2D eigenvalue weighted by atomic mass is 9.77. The molecule has 1 saturated carbocycles. The molecule has 1 fully saturated rings. The lowest BCUT2D eigenvalue weighted by molar-refractivity contribution is 0.0638. The number of carbonyl (C=O) groups is 1. The maximum atomic E-state index is 13.4. The van der Waals surface area contributed by atoms with Gasteiger partial charge in [-0.15, -0.1) is 0 Å². The number of benzene rings is 1. The van der Waals surface area contributed by atoms with E-state index in [0.717, 1.165) is 25.3 Å². The Bertz CT molecular complexity index is 441. The summed E-state index contributed by atoms with van der Waals surface area (Å²) in [6, 6.07) is 3.83. The van der Waals surface area contributed by atoms with Crippen LogP contribution in [0.3, 0.4) is 0 Å². The molecule has 0 radical (unpaired) electrons. The van der Waals surface area contributed by atoms with Crippen molar-refractivity contribution in [2.45, 2.75) is 24.8 Å². The summed E-state index contributed by atoms with van der Waals surface area (Å²) >= 11 is 5.72. The van der Waals surface area contributed by atoms with Gasteiger partial charge in [0.05, 0.1) is 17.7 Å². The van der Waals surface area contributed by atoms with Crippen molar-refractivity contribution >= 4 is 17.5 Å². The highest BCUT2D eigenvalue weighted by molar-refractivity contribution is 6.31. The van der Waals surface area contributed by atoms with E-state index in [2.05, 4.69) is 5.32 Å². The molecule has 0 bridgehead atoms. The molecule has 92 valence electrons. The lowest BCUT2D eigenvalue weighted by Gasteiger charge is -2.40. The minimum absolute atomic E-state index is 0.0859. The molecule has 2 N–H and O–H groups in total. The van der Waals surface area contributed by atoms with Crippen LogP contribution < -0.4 is 5.32 Å². The van der Waals surface area contributed by atoms with Crippen LogP contribution in [-0.2, 0) is 0 Å². The van der Waals surface area contributed by atoms with Gasteiger partial charge in [-0.25, -0.2) is 4.39 Å². The first-order chi connectivity index (χ1) is 8.06. The van der Waals surface area contributed by atoms with Gasteiger partial charge in [-0.3, -0.25) is 4.79 Å². The molecule has 3 nitrogen and oxygen atoms in total. The van der Waals surface area contributed by atoms with Crippen LogP contribution in [-0.4, -0.2) is 23.2 Å². The van der Waals surface area contributed by atoms with Crippen molar-refractivity contribution in [2.24, 2.45) is 0 Å². The average Bonchev–Trinajstić information content (AvgIpc) is 2.26. The first kappa shape index (κ1) is 12.3. The first-order valence-corrected chi connectivity index (χ1v) is 5.82. The number of aliphatic hydroxyl groups is 1. The maximum Gasteiger partial charge on any atom is 0.254 e. The van der Waals surface area contributed by atoms with Crippen molar-refractivity contribution in [1.82, 2.24) is 5.32 Å². The van der Waals surface area contributed by atoms with E-state index in [0.29, 0.717) is 5.02 Å². The Morgan fingerprint density at radius 1 is 1.53 bits per heavy atom. The number of halogens is 2. The van der Waals surface area contributed by atoms with Gasteiger partial charge in [0, 0.05) is 5.02 Å². The molecule has 1 aromatic rings. The number of hydrogen-bond donors (Lipinski definition) is 2. The minimum Gasteiger partial charge on any atom is -0.394 e. The fourth-order valence-electron chi connectivity index (χ4n) is 1.91. The van der Waals surface area contributed by atoms with Crippen molar-refractivity contribution < 1.29 is 14.3 Å². The SMILES string of the molecule is O=C(NC1(CO)CCC1)c1cc(Cl)ccc1F. The smallest absolute Gasteiger partial charge is 0.254 e. The Kier molecular flexibility index (Phi) is 3.35. The van der Waals surface area contributed by atoms with Gasteiger partial charge >= 0.3 is 0 Å². The van der Waals surface area contributed by atoms with Crippen molar-refractivity contribution in [3.63, 3.8) is 0 Å². The molecule has 0 saturated heterocycles. The number of rotatable bonds is 3. The molecule has 2 rings (SSSR count). The summed E-state index contributed by atoms with van der Waals surface area (Å²) in [7, 11) is 0. The quantitative estimate of drug-likeness (QED) is 0.872. The fraction of sp³-hybridized carbons (Fsp3) is 0.417. The molecule has 0 unspecified atom stereocenters. The highest BCUT2D eigenvalue weighted by Gasteiger charge is 2.38. The first-order valence-electron chi connectivity index (χ1n) is 5.45. The number of nitrogens with one attached hydrogen (secondary N) is 1. The van der Waals surface area contributed by atoms with Crippen LogP contribution in [0.1, 0.15) is 29.6 Å². The zero-order chi connectivity index (χ0) is 12.5. The molecule has 1 aliphatic rings. The third-order valence-electron chi connectivity index (χ3n) is 3.17. The van der Waals surface area contributed by atoms with Crippen molar-refractivity contribution in [2.75, 3.05) is 6.61 Å². The third-order valence-corrected chi connectivity index (χ3v) is 3.40. The van der Waals surface area contributed by atoms with E-state index >= 15 is 0 Å². The monoisotopic (exact) mass is 257 g/mol. The number of hydrogen-bond acceptors (Lipinski definition) is 2. The molecular weight excluding hydrogens is 245 g/mol. The van der Waals surface area contributed by atoms with E-state index in [-0.39, 0.29) is 12.2 Å². The van der Waals surface area contributed by atoms with Crippen LogP contribution >= 0.6 is 11.6 Å². The second-order valence-corrected chi connectivity index (χ2v) is 4.81. The zero-order valence-corrected chi connectivity index (χ0v) is 9.93. The second-order valence-electron chi connectivity index (χ2n) is 4.37. The largest absolute Gasteiger partial charge is 0.394 e. The second kappa shape index (κ2) is 4.63. The maximum absolute atomic E-state index is 13.4. The van der Waals surface area contributed by atoms with Gasteiger partial charge < -0.3 is 10.4 Å². The summed E-state index contributed by atoms with van der Waals surface area (Å²) in [6.45, 7) is -0.124. The summed E-state index contributed by atoms with van der Waals surface area (Å²) < 4.78 is 13.4. The summed E-state index contributed by atoms with van der Waals surface area (Å²) in [4.78, 5) is 11.9. The summed E-state index contributed by atoms with van der Waals surface area (Å²) in [6.07, 6.45) is 2.40. The zero-order valence-electron chi connectivity index (χ0n) is 9.17. The van der Waals surface area contributed by atoms with Gasteiger partial charge in [-0.2, -0.15) is 0 Å². The minimum atomic E-state index is -0.612. The number of amides is 1. The van der Waals surface area contributed by atoms with E-state index in [1.807, 2.05) is 0 Å². The van der Waals surface area contributed by atoms with Crippen molar-refractivity contribution in [3.8, 4) is 0 Å². The Hall–Kier alpha value is -1.13. The highest BCUT2D eigenvalue weighted by atomic mass is 35.5. The van der Waals surface area contributed by atoms with Crippen LogP contribution in [0, 0.1) is 5.82 Å². The van der Waals surface area contributed by atoms with Crippen LogP contribution in [0.5, 0.6) is 0 Å². The molecule has 0 atom stereocenters. The van der Waals surface area contributed by atoms with E-state index in [1.54, 1.807) is 0 Å². The molecule has 0 aromatic heterocycles. The van der Waals surface area contributed by atoms with E-state index < -0.39 is 17.3 Å². The van der Waals surface area contributed by atoms with Gasteiger partial charge in [0.25, 0.3) is 5.91 Å². The predicted octanol–water partition coefficient (Wildman–Crippen LogP) is 2.12. The molecule has 1 aromatic carbocycles. The molecule has 17 heavy (non-hydrogen) atoms. The third kappa shape index (κ3) is 2.42. The van der Waals surface area contributed by atoms with E-state index in [9.17, 15) is 14.3 Å². The molecule has 0 heterocycles. The standard InChI is InChI=1S/C12H13ClFNO2/c13-8-2-3-10(14)9(6-8)11(17)15-12(7-16)4-1-5-12/h2-3,6,16H,1,4-5,7H2,(H,15,17). The van der Waals surface area contributed by atoms with E-state index in [4.69, 9.17) is 11.6 Å². The Morgan fingerprint density at radius 3 is 2.76 bits per heavy atom. The Balaban J connectivity index is 2.17. The molecule has 1 aliphatic carbocycles. The van der Waals surface area contributed by atoms with Crippen LogP contribution in [0.2, 0.25) is 5.02 Å². The summed E-state index contributed by atoms with van der Waals surface area (Å²) in [5.74, 6) is -1.14. The molecule has 0 spiro atoms. The van der Waals surface area contributed by atoms with Crippen LogP contribution in [0.25, 0.3) is 0 Å². The fourth-order valence-corrected chi connectivity index (χ4v) is 2.08. The molecule has 0 aliphatic heterocycles. The predicted molar refractivity (Wildman–Crippen MR) is 62.5 cm³/mol. The van der Waals surface area contributed by atoms with E-state index in [1.165, 1.54) is 12.1 Å². The lowest BCUT2D eigenvalue weighted by Crippen LogP contribution is -2.56. The van der Waals surface area contributed by atoms with Gasteiger partial charge in [0.2, 0.25) is 0 Å². The topological polar surface area (TPSA) is 49.3 Å². The van der Waals surface area contributed by atoms with Crippen LogP contribution in [0.15, 0.2) is 18.2 Å². The van der Waals surface area contributed by atoms with Crippen LogP contribution in [0.4, 0.5) is 4.39 Å². The molecule has 5 heteroatoms. The average molecular weight is 258 g/mol. The summed E-state index contributed by atoms with van der Waals surface area (Å²) in [5.41, 5.74) is -0.663. The Morgan fingerprint density at radius 2 is 2.24 bits per heavy atom. The van der Waals surface area contributed by atoms with Crippen molar-refractivity contribution in [1.29, 1.82) is 0 Å².